The van der Waals surface area contributed by atoms with Crippen molar-refractivity contribution in [3.63, 3.8) is 0 Å². The number of aliphatic hydroxyl groups is 1. The van der Waals surface area contributed by atoms with E-state index in [0.29, 0.717) is 26.2 Å². The van der Waals surface area contributed by atoms with Crippen LogP contribution in [0.5, 0.6) is 0 Å². The van der Waals surface area contributed by atoms with Crippen LogP contribution < -0.4 is 0 Å². The summed E-state index contributed by atoms with van der Waals surface area (Å²) in [6, 6.07) is 14.3. The molecule has 9 heteroatoms. The fourth-order valence-electron chi connectivity index (χ4n) is 3.94. The maximum atomic E-state index is 12.9. The lowest BCUT2D eigenvalue weighted by atomic mass is 9.92. The minimum Gasteiger partial charge on any atom is -0.395 e. The average molecular weight is 456 g/mol. The van der Waals surface area contributed by atoms with Crippen LogP contribution in [0.15, 0.2) is 70.1 Å². The molecule has 1 atom stereocenters. The highest BCUT2D eigenvalue weighted by atomic mass is 32.2. The molecule has 2 saturated heterocycles. The molecule has 1 aromatic heterocycles. The van der Waals surface area contributed by atoms with Crippen LogP contribution >= 0.6 is 11.3 Å². The number of likely N-dealkylation sites (tertiary alicyclic amines) is 1. The molecule has 2 aliphatic rings. The molecule has 1 unspecified atom stereocenters. The van der Waals surface area contributed by atoms with Gasteiger partial charge < -0.3 is 10.0 Å². The molecule has 3 heterocycles. The molecule has 5 rings (SSSR count). The molecule has 1 N–H and O–H groups in total. The first-order valence-electron chi connectivity index (χ1n) is 9.95. The molecule has 2 fully saturated rings. The van der Waals surface area contributed by atoms with Crippen molar-refractivity contribution in [3.05, 3.63) is 70.8 Å². The zero-order valence-corrected chi connectivity index (χ0v) is 18.3. The molecule has 0 saturated carbocycles. The number of fused-ring (bicyclic) bond motifs is 1. The predicted molar refractivity (Wildman–Crippen MR) is 118 cm³/mol. The van der Waals surface area contributed by atoms with E-state index in [1.165, 1.54) is 15.6 Å². The minimum atomic E-state index is -3.54. The molecule has 1 amide bonds. The van der Waals surface area contributed by atoms with E-state index in [4.69, 9.17) is 0 Å². The number of aliphatic hydroxyl groups excluding tert-OH is 1. The number of rotatable bonds is 5. The van der Waals surface area contributed by atoms with E-state index >= 15 is 0 Å². The molecule has 0 bridgehead atoms. The second-order valence-electron chi connectivity index (χ2n) is 7.80. The summed E-state index contributed by atoms with van der Waals surface area (Å²) in [5.74, 6) is -0.660. The number of carbonyl (C=O) groups is 1. The smallest absolute Gasteiger partial charge is 0.243 e. The van der Waals surface area contributed by atoms with Gasteiger partial charge in [-0.15, -0.1) is 11.3 Å². The molecular formula is C22H21N3O4S2. The first kappa shape index (κ1) is 20.3. The Kier molecular flexibility index (Phi) is 5.13. The van der Waals surface area contributed by atoms with E-state index in [9.17, 15) is 18.3 Å². The first-order chi connectivity index (χ1) is 15.0. The zero-order valence-electron chi connectivity index (χ0n) is 16.6. The van der Waals surface area contributed by atoms with Crippen LogP contribution in [0.3, 0.4) is 0 Å². The molecule has 2 aromatic carbocycles. The summed E-state index contributed by atoms with van der Waals surface area (Å²) in [5, 5.41) is 9.70. The molecule has 2 aliphatic heterocycles. The molecule has 3 aromatic rings. The normalized spacial score (nSPS) is 18.0. The Morgan fingerprint density at radius 2 is 1.77 bits per heavy atom. The number of amides is 1. The fraction of sp³-hybridized carbons (Fsp3) is 0.273. The molecule has 160 valence electrons. The Labute approximate surface area is 184 Å². The van der Waals surface area contributed by atoms with Crippen LogP contribution in [-0.2, 0) is 14.8 Å². The lowest BCUT2D eigenvalue weighted by molar-refractivity contribution is -0.135. The summed E-state index contributed by atoms with van der Waals surface area (Å²) in [5.41, 5.74) is 5.49. The Morgan fingerprint density at radius 1 is 1.06 bits per heavy atom. The third-order valence-corrected chi connectivity index (χ3v) is 8.51. The van der Waals surface area contributed by atoms with Crippen molar-refractivity contribution < 1.29 is 18.3 Å². The number of hydrogen-bond acceptors (Lipinski definition) is 6. The van der Waals surface area contributed by atoms with Crippen molar-refractivity contribution in [1.82, 2.24) is 14.2 Å². The van der Waals surface area contributed by atoms with E-state index in [2.05, 4.69) is 4.98 Å². The summed E-state index contributed by atoms with van der Waals surface area (Å²) < 4.78 is 28.1. The largest absolute Gasteiger partial charge is 0.395 e. The lowest BCUT2D eigenvalue weighted by Crippen LogP contribution is -2.52. The van der Waals surface area contributed by atoms with Gasteiger partial charge in [0.25, 0.3) is 0 Å². The quantitative estimate of drug-likeness (QED) is 0.596. The van der Waals surface area contributed by atoms with Gasteiger partial charge in [-0.25, -0.2) is 13.4 Å². The topological polar surface area (TPSA) is 90.8 Å². The Balaban J connectivity index is 1.23. The minimum absolute atomic E-state index is 0.0975. The Hall–Kier alpha value is -2.59. The van der Waals surface area contributed by atoms with Gasteiger partial charge >= 0.3 is 0 Å². The van der Waals surface area contributed by atoms with Crippen LogP contribution in [0.1, 0.15) is 11.5 Å². The molecule has 0 aliphatic carbocycles. The van der Waals surface area contributed by atoms with Gasteiger partial charge in [0.15, 0.2) is 0 Å². The van der Waals surface area contributed by atoms with Crippen molar-refractivity contribution in [3.8, 4) is 0 Å². The SMILES string of the molecule is O=C(C(CO)c1ccccc1)N1CC(=C2CN(S(=O)(=O)c3ccc4ncsc4c3)C2)C1. The van der Waals surface area contributed by atoms with Crippen molar-refractivity contribution in [2.45, 2.75) is 10.8 Å². The third-order valence-electron chi connectivity index (χ3n) is 5.93. The van der Waals surface area contributed by atoms with E-state index < -0.39 is 15.9 Å². The van der Waals surface area contributed by atoms with Crippen molar-refractivity contribution in [2.24, 2.45) is 0 Å². The van der Waals surface area contributed by atoms with Crippen LogP contribution in [-0.4, -0.2) is 66.4 Å². The summed E-state index contributed by atoms with van der Waals surface area (Å²) >= 11 is 1.42. The van der Waals surface area contributed by atoms with E-state index in [1.807, 2.05) is 30.3 Å². The Morgan fingerprint density at radius 3 is 2.48 bits per heavy atom. The second kappa shape index (κ2) is 7.83. The van der Waals surface area contributed by atoms with E-state index in [1.54, 1.807) is 28.6 Å². The average Bonchev–Trinajstić information content (AvgIpc) is 3.17. The first-order valence-corrected chi connectivity index (χ1v) is 12.3. The predicted octanol–water partition coefficient (Wildman–Crippen LogP) is 2.22. The number of carbonyl (C=O) groups excluding carboxylic acids is 1. The van der Waals surface area contributed by atoms with Crippen molar-refractivity contribution in [1.29, 1.82) is 0 Å². The third kappa shape index (κ3) is 3.57. The number of nitrogens with zero attached hydrogens (tertiary/aromatic N) is 3. The summed E-state index contributed by atoms with van der Waals surface area (Å²) in [6.45, 7) is 1.49. The lowest BCUT2D eigenvalue weighted by Gasteiger charge is -2.42. The summed E-state index contributed by atoms with van der Waals surface area (Å²) in [7, 11) is -3.54. The zero-order chi connectivity index (χ0) is 21.6. The highest BCUT2D eigenvalue weighted by Crippen LogP contribution is 2.32. The van der Waals surface area contributed by atoms with Gasteiger partial charge in [-0.3, -0.25) is 4.79 Å². The maximum absolute atomic E-state index is 12.9. The van der Waals surface area contributed by atoms with Crippen LogP contribution in [0.25, 0.3) is 10.2 Å². The van der Waals surface area contributed by atoms with Crippen molar-refractivity contribution >= 4 is 37.5 Å². The van der Waals surface area contributed by atoms with Crippen molar-refractivity contribution in [2.75, 3.05) is 32.8 Å². The monoisotopic (exact) mass is 455 g/mol. The molecule has 0 radical (unpaired) electrons. The Bertz CT molecular complexity index is 1270. The van der Waals surface area contributed by atoms with Gasteiger partial charge in [-0.2, -0.15) is 4.31 Å². The van der Waals surface area contributed by atoms with E-state index in [0.717, 1.165) is 26.9 Å². The van der Waals surface area contributed by atoms with Gasteiger partial charge in [0.2, 0.25) is 15.9 Å². The number of sulfonamides is 1. The summed E-state index contributed by atoms with van der Waals surface area (Å²) in [6.07, 6.45) is 0. The highest BCUT2D eigenvalue weighted by Gasteiger charge is 2.39. The van der Waals surface area contributed by atoms with Gasteiger partial charge in [0, 0.05) is 26.2 Å². The van der Waals surface area contributed by atoms with Gasteiger partial charge in [-0.05, 0) is 34.9 Å². The van der Waals surface area contributed by atoms with Crippen LogP contribution in [0, 0.1) is 0 Å². The van der Waals surface area contributed by atoms with E-state index in [-0.39, 0.29) is 17.4 Å². The fourth-order valence-corrected chi connectivity index (χ4v) is 6.19. The molecule has 31 heavy (non-hydrogen) atoms. The number of hydrogen-bond donors (Lipinski definition) is 1. The summed E-state index contributed by atoms with van der Waals surface area (Å²) in [4.78, 5) is 18.9. The molecule has 7 nitrogen and oxygen atoms in total. The number of aromatic nitrogens is 1. The number of thiazole rings is 1. The highest BCUT2D eigenvalue weighted by molar-refractivity contribution is 7.89. The van der Waals surface area contributed by atoms with Crippen LogP contribution in [0.2, 0.25) is 0 Å². The molecular weight excluding hydrogens is 434 g/mol. The van der Waals surface area contributed by atoms with Gasteiger partial charge in [0.05, 0.1) is 33.1 Å². The standard InChI is InChI=1S/C22H21N3O4S2/c26-13-19(15-4-2-1-3-5-15)22(27)24-9-16(10-24)17-11-25(12-17)31(28,29)18-6-7-20-21(8-18)30-14-23-20/h1-8,14,19,26H,9-13H2. The van der Waals surface area contributed by atoms with Gasteiger partial charge in [0.1, 0.15) is 0 Å². The van der Waals surface area contributed by atoms with Crippen LogP contribution in [0.4, 0.5) is 0 Å². The maximum Gasteiger partial charge on any atom is 0.243 e. The van der Waals surface area contributed by atoms with Gasteiger partial charge in [-0.1, -0.05) is 30.3 Å². The second-order valence-corrected chi connectivity index (χ2v) is 10.6. The number of benzene rings is 2. The molecule has 0 spiro atoms.